The topological polar surface area (TPSA) is 179 Å². The Bertz CT molecular complexity index is 2210. The highest BCUT2D eigenvalue weighted by Crippen LogP contribution is 2.32. The van der Waals surface area contributed by atoms with E-state index in [1.165, 1.54) is 41.0 Å². The number of esters is 1. The van der Waals surface area contributed by atoms with Gasteiger partial charge in [-0.25, -0.2) is 13.4 Å². The quantitative estimate of drug-likeness (QED) is 0.0694. The first kappa shape index (κ1) is 43.9. The zero-order valence-corrected chi connectivity index (χ0v) is 34.4. The number of aromatic nitrogens is 2. The molecule has 1 aromatic heterocycles. The van der Waals surface area contributed by atoms with Gasteiger partial charge in [0.15, 0.2) is 0 Å². The molecule has 0 atom stereocenters. The molecule has 1 saturated heterocycles. The van der Waals surface area contributed by atoms with Crippen molar-refractivity contribution >= 4 is 37.0 Å². The molecule has 0 bridgehead atoms. The van der Waals surface area contributed by atoms with Crippen molar-refractivity contribution in [2.45, 2.75) is 68.4 Å². The molecule has 3 aromatic carbocycles. The van der Waals surface area contributed by atoms with Crippen molar-refractivity contribution in [2.24, 2.45) is 0 Å². The maximum absolute atomic E-state index is 13.6. The van der Waals surface area contributed by atoms with E-state index in [4.69, 9.17) is 27.9 Å². The van der Waals surface area contributed by atoms with E-state index in [0.29, 0.717) is 71.3 Å². The third-order valence-electron chi connectivity index (χ3n) is 8.98. The second-order valence-electron chi connectivity index (χ2n) is 14.5. The van der Waals surface area contributed by atoms with Crippen LogP contribution in [0.15, 0.2) is 87.6 Å². The van der Waals surface area contributed by atoms with Crippen molar-refractivity contribution in [3.63, 3.8) is 0 Å². The second-order valence-corrected chi connectivity index (χ2v) is 18.0. The smallest absolute Gasteiger partial charge is 0.326 e. The predicted octanol–water partition coefficient (Wildman–Crippen LogP) is 4.45. The molecule has 1 aliphatic heterocycles. The minimum atomic E-state index is -3.82. The highest BCUT2D eigenvalue weighted by molar-refractivity contribution is 7.89. The Morgan fingerprint density at radius 3 is 1.96 bits per heavy atom. The lowest BCUT2D eigenvalue weighted by atomic mass is 9.90. The van der Waals surface area contributed by atoms with Crippen LogP contribution in [0.25, 0.3) is 10.9 Å². The zero-order valence-electron chi connectivity index (χ0n) is 32.8. The molecule has 0 N–H and O–H groups in total. The fraction of sp³-hybridized carbons (Fsp3) is 0.475. The first-order valence-electron chi connectivity index (χ1n) is 18.8. The third-order valence-corrected chi connectivity index (χ3v) is 12.2. The van der Waals surface area contributed by atoms with Crippen LogP contribution in [0, 0.1) is 6.92 Å². The van der Waals surface area contributed by atoms with Gasteiger partial charge in [-0.2, -0.15) is 12.7 Å². The molecule has 0 radical (unpaired) electrons. The van der Waals surface area contributed by atoms with E-state index < -0.39 is 37.3 Å². The van der Waals surface area contributed by atoms with Gasteiger partial charge in [0.25, 0.3) is 15.7 Å². The molecule has 0 spiro atoms. The fourth-order valence-corrected chi connectivity index (χ4v) is 8.46. The number of benzene rings is 3. The van der Waals surface area contributed by atoms with E-state index in [1.807, 2.05) is 31.2 Å². The van der Waals surface area contributed by atoms with Crippen molar-refractivity contribution < 1.29 is 49.5 Å². The van der Waals surface area contributed by atoms with Crippen LogP contribution >= 0.6 is 0 Å². The van der Waals surface area contributed by atoms with Gasteiger partial charge in [-0.1, -0.05) is 29.8 Å². The second kappa shape index (κ2) is 20.0. The average molecular weight is 830 g/mol. The van der Waals surface area contributed by atoms with Crippen LogP contribution in [-0.2, 0) is 54.6 Å². The molecular weight excluding hydrogens is 779 g/mol. The van der Waals surface area contributed by atoms with Gasteiger partial charge in [-0.3, -0.25) is 18.3 Å². The van der Waals surface area contributed by atoms with Gasteiger partial charge in [-0.15, -0.1) is 0 Å². The van der Waals surface area contributed by atoms with Crippen molar-refractivity contribution in [2.75, 3.05) is 65.9 Å². The number of sulfonamides is 1. The van der Waals surface area contributed by atoms with Crippen LogP contribution in [0.1, 0.15) is 50.7 Å². The van der Waals surface area contributed by atoms with Crippen LogP contribution in [0.5, 0.6) is 5.75 Å². The largest absolute Gasteiger partial charge is 0.491 e. The summed E-state index contributed by atoms with van der Waals surface area (Å²) >= 11 is 0. The number of carbonyl (C=O) groups excluding carboxylic acids is 1. The first-order chi connectivity index (χ1) is 27.1. The number of piperidine rings is 1. The molecule has 0 aliphatic carbocycles. The van der Waals surface area contributed by atoms with Gasteiger partial charge < -0.3 is 23.7 Å². The normalized spacial score (nSPS) is 14.5. The minimum absolute atomic E-state index is 0.0580. The maximum Gasteiger partial charge on any atom is 0.326 e. The summed E-state index contributed by atoms with van der Waals surface area (Å²) in [5, 5.41) is 0.208. The summed E-state index contributed by atoms with van der Waals surface area (Å²) < 4.78 is 86.6. The number of rotatable bonds is 20. The van der Waals surface area contributed by atoms with Gasteiger partial charge in [0.1, 0.15) is 24.5 Å². The first-order valence-corrected chi connectivity index (χ1v) is 21.6. The SMILES string of the molecule is Cc1ccc(S(=O)(=O)OCCOCCOCCOCCOc2ccc(C3CCN(S(=O)(=O)c4ccc5c(=O)n(CC(=O)OC(C)(C)C)cnc5c4)CC3)cc2)cc1. The average Bonchev–Trinajstić information content (AvgIpc) is 3.17. The summed E-state index contributed by atoms with van der Waals surface area (Å²) in [5.74, 6) is 0.319. The van der Waals surface area contributed by atoms with E-state index >= 15 is 0 Å². The van der Waals surface area contributed by atoms with Crippen molar-refractivity contribution in [1.29, 1.82) is 0 Å². The standard InChI is InChI=1S/C40H51N3O12S2/c1-30-5-11-34(12-6-30)57(48,49)54-26-24-52-22-20-50-19-21-51-23-25-53-33-9-7-31(8-10-33)32-15-17-43(18-16-32)56(46,47)35-13-14-36-37(27-35)41-29-42(39(36)45)28-38(44)55-40(2,3)4/h5-14,27,29,32H,15-26,28H2,1-4H3. The van der Waals surface area contributed by atoms with E-state index in [9.17, 15) is 26.4 Å². The Balaban J connectivity index is 0.949. The molecule has 15 nitrogen and oxygen atoms in total. The van der Waals surface area contributed by atoms with Crippen LogP contribution in [0.2, 0.25) is 0 Å². The molecule has 2 heterocycles. The zero-order chi connectivity index (χ0) is 41.1. The molecule has 1 aliphatic rings. The highest BCUT2D eigenvalue weighted by Gasteiger charge is 2.30. The number of ether oxygens (including phenoxy) is 5. The number of nitrogens with zero attached hydrogens (tertiary/aromatic N) is 3. The van der Waals surface area contributed by atoms with Crippen molar-refractivity contribution in [3.05, 3.63) is 94.5 Å². The van der Waals surface area contributed by atoms with Crippen molar-refractivity contribution in [1.82, 2.24) is 13.9 Å². The van der Waals surface area contributed by atoms with E-state index in [-0.39, 0.29) is 46.4 Å². The summed E-state index contributed by atoms with van der Waals surface area (Å²) in [6.45, 7) is 9.62. The minimum Gasteiger partial charge on any atom is -0.491 e. The highest BCUT2D eigenvalue weighted by atomic mass is 32.2. The summed E-state index contributed by atoms with van der Waals surface area (Å²) in [7, 11) is -7.63. The molecule has 0 amide bonds. The molecule has 5 rings (SSSR count). The summed E-state index contributed by atoms with van der Waals surface area (Å²) in [6.07, 6.45) is 2.53. The molecule has 0 unspecified atom stereocenters. The maximum atomic E-state index is 13.6. The number of aryl methyl sites for hydroxylation is 1. The van der Waals surface area contributed by atoms with Crippen LogP contribution in [0.3, 0.4) is 0 Å². The lowest BCUT2D eigenvalue weighted by molar-refractivity contribution is -0.155. The summed E-state index contributed by atoms with van der Waals surface area (Å²) in [5.41, 5.74) is 1.14. The third kappa shape index (κ3) is 12.9. The lowest BCUT2D eigenvalue weighted by Gasteiger charge is -2.31. The Hall–Kier alpha value is -4.23. The van der Waals surface area contributed by atoms with Crippen LogP contribution in [0.4, 0.5) is 0 Å². The Labute approximate surface area is 334 Å². The van der Waals surface area contributed by atoms with Crippen LogP contribution < -0.4 is 10.3 Å². The van der Waals surface area contributed by atoms with Gasteiger partial charge in [0, 0.05) is 13.1 Å². The molecule has 17 heteroatoms. The predicted molar refractivity (Wildman–Crippen MR) is 211 cm³/mol. The molecule has 4 aromatic rings. The summed E-state index contributed by atoms with van der Waals surface area (Å²) in [4.78, 5) is 29.7. The van der Waals surface area contributed by atoms with Gasteiger partial charge in [0.05, 0.1) is 73.3 Å². The number of carbonyl (C=O) groups is 1. The Kier molecular flexibility index (Phi) is 15.4. The number of hydrogen-bond donors (Lipinski definition) is 0. The lowest BCUT2D eigenvalue weighted by Crippen LogP contribution is -2.38. The van der Waals surface area contributed by atoms with Gasteiger partial charge in [0.2, 0.25) is 10.0 Å². The Morgan fingerprint density at radius 2 is 1.35 bits per heavy atom. The number of fused-ring (bicyclic) bond motifs is 1. The molecule has 57 heavy (non-hydrogen) atoms. The fourth-order valence-electron chi connectivity index (χ4n) is 6.07. The van der Waals surface area contributed by atoms with E-state index in [2.05, 4.69) is 4.98 Å². The molecule has 310 valence electrons. The summed E-state index contributed by atoms with van der Waals surface area (Å²) in [6, 6.07) is 18.5. The monoisotopic (exact) mass is 829 g/mol. The van der Waals surface area contributed by atoms with E-state index in [0.717, 1.165) is 15.7 Å². The number of hydrogen-bond acceptors (Lipinski definition) is 13. The van der Waals surface area contributed by atoms with Gasteiger partial charge in [-0.05, 0) is 94.5 Å². The van der Waals surface area contributed by atoms with Crippen LogP contribution in [-0.4, -0.2) is 108 Å². The van der Waals surface area contributed by atoms with Crippen molar-refractivity contribution in [3.8, 4) is 5.75 Å². The molecular formula is C40H51N3O12S2. The molecule has 0 saturated carbocycles. The Morgan fingerprint density at radius 1 is 0.772 bits per heavy atom. The van der Waals surface area contributed by atoms with E-state index in [1.54, 1.807) is 32.9 Å². The van der Waals surface area contributed by atoms with Gasteiger partial charge >= 0.3 is 5.97 Å². The molecule has 1 fully saturated rings.